The van der Waals surface area contributed by atoms with Gasteiger partial charge in [-0.1, -0.05) is 91.0 Å². The number of aliphatic hydroxyl groups is 1. The second-order valence-corrected chi connectivity index (χ2v) is 9.72. The lowest BCUT2D eigenvalue weighted by molar-refractivity contribution is -0.129. The first-order valence-corrected chi connectivity index (χ1v) is 13.2. The second kappa shape index (κ2) is 10.9. The molecule has 6 nitrogen and oxygen atoms in total. The van der Waals surface area contributed by atoms with Crippen LogP contribution >= 0.6 is 0 Å². The van der Waals surface area contributed by atoms with Crippen molar-refractivity contribution in [2.45, 2.75) is 19.1 Å². The Balaban J connectivity index is 1.31. The lowest BCUT2D eigenvalue weighted by Crippen LogP contribution is -2.33. The van der Waals surface area contributed by atoms with E-state index in [-0.39, 0.29) is 11.3 Å². The lowest BCUT2D eigenvalue weighted by Gasteiger charge is -2.27. The molecule has 40 heavy (non-hydrogen) atoms. The Hall–Kier alpha value is -5.10. The van der Waals surface area contributed by atoms with Crippen molar-refractivity contribution >= 4 is 22.7 Å². The largest absolute Gasteiger partial charge is 0.503 e. The summed E-state index contributed by atoms with van der Waals surface area (Å²) in [6.45, 7) is 0.739. The predicted octanol–water partition coefficient (Wildman–Crippen LogP) is 6.83. The first-order valence-electron chi connectivity index (χ1n) is 13.2. The van der Waals surface area contributed by atoms with Gasteiger partial charge in [0.1, 0.15) is 17.9 Å². The first-order chi connectivity index (χ1) is 19.6. The SMILES string of the molecule is O=C(C1=C(O)C(=O)N(CCc2ccccc2)C1c1ccc(OCc2ccccc2)cc1)c1cc2ccccc2o1. The van der Waals surface area contributed by atoms with Gasteiger partial charge in [-0.3, -0.25) is 9.59 Å². The summed E-state index contributed by atoms with van der Waals surface area (Å²) in [5.74, 6) is -0.907. The fraction of sp³-hybridized carbons (Fsp3) is 0.118. The molecule has 0 radical (unpaired) electrons. The third kappa shape index (κ3) is 4.99. The van der Waals surface area contributed by atoms with Crippen molar-refractivity contribution in [1.29, 1.82) is 0 Å². The number of amides is 1. The third-order valence-electron chi connectivity index (χ3n) is 7.13. The molecule has 6 rings (SSSR count). The molecular weight excluding hydrogens is 502 g/mol. The van der Waals surface area contributed by atoms with Crippen LogP contribution in [-0.2, 0) is 17.8 Å². The van der Waals surface area contributed by atoms with Crippen molar-refractivity contribution in [3.63, 3.8) is 0 Å². The van der Waals surface area contributed by atoms with Crippen LogP contribution in [-0.4, -0.2) is 28.2 Å². The number of fused-ring (bicyclic) bond motifs is 1. The highest BCUT2D eigenvalue weighted by molar-refractivity contribution is 6.16. The molecule has 0 aliphatic carbocycles. The van der Waals surface area contributed by atoms with E-state index in [0.29, 0.717) is 36.5 Å². The zero-order valence-electron chi connectivity index (χ0n) is 21.7. The molecule has 0 fully saturated rings. The molecule has 0 bridgehead atoms. The van der Waals surface area contributed by atoms with E-state index in [4.69, 9.17) is 9.15 Å². The van der Waals surface area contributed by atoms with Gasteiger partial charge in [0.05, 0.1) is 11.6 Å². The summed E-state index contributed by atoms with van der Waals surface area (Å²) in [6, 6.07) is 35.1. The smallest absolute Gasteiger partial charge is 0.290 e. The maximum absolute atomic E-state index is 13.8. The molecule has 0 saturated carbocycles. The maximum atomic E-state index is 13.8. The zero-order valence-corrected chi connectivity index (χ0v) is 21.7. The van der Waals surface area contributed by atoms with Crippen LogP contribution in [0.2, 0.25) is 0 Å². The Morgan fingerprint density at radius 1 is 0.825 bits per heavy atom. The first kappa shape index (κ1) is 25.2. The Kier molecular flexibility index (Phi) is 6.89. The quantitative estimate of drug-likeness (QED) is 0.212. The third-order valence-corrected chi connectivity index (χ3v) is 7.13. The number of hydrogen-bond acceptors (Lipinski definition) is 5. The van der Waals surface area contributed by atoms with E-state index in [9.17, 15) is 14.7 Å². The molecular formula is C34H27NO5. The van der Waals surface area contributed by atoms with Gasteiger partial charge in [0.2, 0.25) is 5.78 Å². The van der Waals surface area contributed by atoms with Gasteiger partial charge in [0.25, 0.3) is 5.91 Å². The van der Waals surface area contributed by atoms with Crippen LogP contribution in [0.25, 0.3) is 11.0 Å². The molecule has 1 N–H and O–H groups in total. The number of ether oxygens (including phenoxy) is 1. The van der Waals surface area contributed by atoms with Crippen LogP contribution in [0.1, 0.15) is 33.3 Å². The Morgan fingerprint density at radius 2 is 1.48 bits per heavy atom. The minimum Gasteiger partial charge on any atom is -0.503 e. The fourth-order valence-corrected chi connectivity index (χ4v) is 5.07. The zero-order chi connectivity index (χ0) is 27.5. The van der Waals surface area contributed by atoms with Crippen LogP contribution in [0.4, 0.5) is 0 Å². The molecule has 4 aromatic carbocycles. The molecule has 0 spiro atoms. The van der Waals surface area contributed by atoms with Gasteiger partial charge < -0.3 is 19.2 Å². The Bertz CT molecular complexity index is 1650. The number of aliphatic hydroxyl groups excluding tert-OH is 1. The normalized spacial score (nSPS) is 15.2. The number of ketones is 1. The van der Waals surface area contributed by atoms with E-state index in [1.807, 2.05) is 103 Å². The molecule has 2 heterocycles. The lowest BCUT2D eigenvalue weighted by atomic mass is 9.94. The summed E-state index contributed by atoms with van der Waals surface area (Å²) >= 11 is 0. The van der Waals surface area contributed by atoms with Crippen molar-refractivity contribution in [1.82, 2.24) is 4.90 Å². The molecule has 1 aliphatic rings. The highest BCUT2D eigenvalue weighted by Gasteiger charge is 2.44. The van der Waals surface area contributed by atoms with Gasteiger partial charge in [-0.25, -0.2) is 0 Å². The topological polar surface area (TPSA) is 80.0 Å². The highest BCUT2D eigenvalue weighted by Crippen LogP contribution is 2.40. The minimum atomic E-state index is -0.778. The van der Waals surface area contributed by atoms with Crippen molar-refractivity contribution in [2.24, 2.45) is 0 Å². The van der Waals surface area contributed by atoms with Crippen LogP contribution in [0.3, 0.4) is 0 Å². The number of hydrogen-bond donors (Lipinski definition) is 1. The number of rotatable bonds is 9. The number of nitrogens with zero attached hydrogens (tertiary/aromatic N) is 1. The minimum absolute atomic E-state index is 0.00933. The van der Waals surface area contributed by atoms with E-state index < -0.39 is 23.5 Å². The van der Waals surface area contributed by atoms with Crippen molar-refractivity contribution in [3.05, 3.63) is 149 Å². The van der Waals surface area contributed by atoms with Gasteiger partial charge in [-0.05, 0) is 47.4 Å². The number of Topliss-reactive ketones (excluding diaryl/α,β-unsaturated/α-hetero) is 1. The molecule has 6 heteroatoms. The van der Waals surface area contributed by atoms with Gasteiger partial charge >= 0.3 is 0 Å². The van der Waals surface area contributed by atoms with Crippen LogP contribution in [0.15, 0.2) is 131 Å². The standard InChI is InChI=1S/C34H27NO5/c36-32(29-21-26-13-7-8-14-28(26)40-29)30-31(35(34(38)33(30)37)20-19-23-9-3-1-4-10-23)25-15-17-27(18-16-25)39-22-24-11-5-2-6-12-24/h1-18,21,31,37H,19-20,22H2. The Labute approximate surface area is 231 Å². The molecule has 5 aromatic rings. The number of furan rings is 1. The number of benzene rings is 4. The number of carbonyl (C=O) groups is 2. The molecule has 1 unspecified atom stereocenters. The summed E-state index contributed by atoms with van der Waals surface area (Å²) in [4.78, 5) is 28.7. The predicted molar refractivity (Wildman–Crippen MR) is 152 cm³/mol. The number of para-hydroxylation sites is 1. The molecule has 1 aromatic heterocycles. The molecule has 198 valence electrons. The number of carbonyl (C=O) groups excluding carboxylic acids is 2. The van der Waals surface area contributed by atoms with E-state index in [1.54, 1.807) is 17.0 Å². The van der Waals surface area contributed by atoms with Gasteiger partial charge in [0.15, 0.2) is 11.5 Å². The molecule has 1 atom stereocenters. The van der Waals surface area contributed by atoms with Crippen LogP contribution in [0, 0.1) is 0 Å². The average molecular weight is 530 g/mol. The van der Waals surface area contributed by atoms with E-state index in [1.165, 1.54) is 0 Å². The summed E-state index contributed by atoms with van der Waals surface area (Å²) in [5.41, 5.74) is 3.36. The molecule has 0 saturated heterocycles. The van der Waals surface area contributed by atoms with Crippen molar-refractivity contribution in [3.8, 4) is 5.75 Å². The Morgan fingerprint density at radius 3 is 2.17 bits per heavy atom. The molecule has 1 amide bonds. The van der Waals surface area contributed by atoms with Crippen LogP contribution < -0.4 is 4.74 Å². The molecule has 1 aliphatic heterocycles. The van der Waals surface area contributed by atoms with Crippen molar-refractivity contribution in [2.75, 3.05) is 6.54 Å². The van der Waals surface area contributed by atoms with Gasteiger partial charge in [0, 0.05) is 11.9 Å². The van der Waals surface area contributed by atoms with Gasteiger partial charge in [-0.2, -0.15) is 0 Å². The van der Waals surface area contributed by atoms with E-state index in [0.717, 1.165) is 16.5 Å². The fourth-order valence-electron chi connectivity index (χ4n) is 5.07. The second-order valence-electron chi connectivity index (χ2n) is 9.72. The average Bonchev–Trinajstić information content (AvgIpc) is 3.55. The summed E-state index contributed by atoms with van der Waals surface area (Å²) in [5, 5.41) is 11.8. The summed E-state index contributed by atoms with van der Waals surface area (Å²) in [7, 11) is 0. The summed E-state index contributed by atoms with van der Waals surface area (Å²) < 4.78 is 11.8. The summed E-state index contributed by atoms with van der Waals surface area (Å²) in [6.07, 6.45) is 0.570. The van der Waals surface area contributed by atoms with Gasteiger partial charge in [-0.15, -0.1) is 0 Å². The maximum Gasteiger partial charge on any atom is 0.290 e. The monoisotopic (exact) mass is 529 g/mol. The van der Waals surface area contributed by atoms with E-state index in [2.05, 4.69) is 0 Å². The highest BCUT2D eigenvalue weighted by atomic mass is 16.5. The van der Waals surface area contributed by atoms with Crippen molar-refractivity contribution < 1.29 is 23.8 Å². The van der Waals surface area contributed by atoms with Crippen LogP contribution in [0.5, 0.6) is 5.75 Å². The van der Waals surface area contributed by atoms with E-state index >= 15 is 0 Å².